The first-order chi connectivity index (χ1) is 8.18. The molecule has 0 spiro atoms. The number of rotatable bonds is 6. The van der Waals surface area contributed by atoms with Crippen LogP contribution in [0.3, 0.4) is 0 Å². The summed E-state index contributed by atoms with van der Waals surface area (Å²) < 4.78 is 0. The Morgan fingerprint density at radius 3 is 1.00 bits per heavy atom. The second-order valence-electron chi connectivity index (χ2n) is 3.78. The van der Waals surface area contributed by atoms with E-state index < -0.39 is 23.8 Å². The van der Waals surface area contributed by atoms with E-state index in [0.717, 1.165) is 0 Å². The Hall–Kier alpha value is -1.19. The van der Waals surface area contributed by atoms with Crippen LogP contribution in [0.5, 0.6) is 0 Å². The number of hydrogen-bond acceptors (Lipinski definition) is 6. The molecule has 0 amide bonds. The van der Waals surface area contributed by atoms with Crippen molar-refractivity contribution in [3.8, 4) is 0 Å². The largest absolute Gasteiger partial charge is 2.00 e. The summed E-state index contributed by atoms with van der Waals surface area (Å²) in [6, 6.07) is 0. The summed E-state index contributed by atoms with van der Waals surface area (Å²) in [7, 11) is 0. The molecule has 0 heterocycles. The molecule has 0 aromatic heterocycles. The van der Waals surface area contributed by atoms with E-state index in [4.69, 9.17) is 0 Å². The van der Waals surface area contributed by atoms with Crippen molar-refractivity contribution in [2.75, 3.05) is 0 Å². The maximum atomic E-state index is 10.4. The Labute approximate surface area is 123 Å². The predicted molar refractivity (Wildman–Crippen MR) is 64.7 cm³/mol. The monoisotopic (exact) mass is 285 g/mol. The van der Waals surface area contributed by atoms with E-state index in [9.17, 15) is 29.4 Å². The van der Waals surface area contributed by atoms with Crippen molar-refractivity contribution in [2.24, 2.45) is 11.8 Å². The molecule has 0 fully saturated rings. The van der Waals surface area contributed by atoms with Gasteiger partial charge in [0.05, 0.1) is 23.8 Å². The van der Waals surface area contributed by atoms with Gasteiger partial charge >= 0.3 is 17.4 Å². The van der Waals surface area contributed by atoms with Gasteiger partial charge in [0, 0.05) is 0 Å². The second-order valence-corrected chi connectivity index (χ2v) is 3.78. The van der Waals surface area contributed by atoms with E-state index in [1.807, 2.05) is 0 Å². The SMILES string of the molecule is CCC(C(C)=O)C(=O)[O-].CCC(C(C)=O)C(=O)[O-].[Al+2]. The van der Waals surface area contributed by atoms with Crippen LogP contribution in [0.2, 0.25) is 0 Å². The summed E-state index contributed by atoms with van der Waals surface area (Å²) in [4.78, 5) is 40.9. The minimum atomic E-state index is -1.27. The quantitative estimate of drug-likeness (QED) is 0.425. The van der Waals surface area contributed by atoms with Gasteiger partial charge in [0.1, 0.15) is 11.6 Å². The van der Waals surface area contributed by atoms with Crippen LogP contribution in [0.4, 0.5) is 0 Å². The molecular weight excluding hydrogens is 267 g/mol. The minimum Gasteiger partial charge on any atom is -0.549 e. The summed E-state index contributed by atoms with van der Waals surface area (Å²) >= 11 is 0. The van der Waals surface area contributed by atoms with E-state index in [1.165, 1.54) is 13.8 Å². The van der Waals surface area contributed by atoms with Gasteiger partial charge in [-0.15, -0.1) is 0 Å². The van der Waals surface area contributed by atoms with Crippen LogP contribution < -0.4 is 10.2 Å². The fourth-order valence-electron chi connectivity index (χ4n) is 1.24. The standard InChI is InChI=1S/2C6H10O3.Al/c2*1-3-5(4(2)7)6(8)9;/h2*5H,3H2,1-2H3,(H,8,9);/q;;+2/p-2. The average Bonchev–Trinajstić information content (AvgIpc) is 2.17. The van der Waals surface area contributed by atoms with Crippen LogP contribution in [0.15, 0.2) is 0 Å². The molecule has 0 saturated heterocycles. The summed E-state index contributed by atoms with van der Waals surface area (Å²) in [5, 5.41) is 20.1. The summed E-state index contributed by atoms with van der Waals surface area (Å²) in [5.74, 6) is -5.04. The molecule has 2 unspecified atom stereocenters. The van der Waals surface area contributed by atoms with Gasteiger partial charge in [-0.3, -0.25) is 9.59 Å². The zero-order chi connectivity index (χ0) is 14.9. The second kappa shape index (κ2) is 11.9. The molecule has 0 saturated carbocycles. The van der Waals surface area contributed by atoms with Gasteiger partial charge in [0.25, 0.3) is 0 Å². The molecule has 7 heteroatoms. The van der Waals surface area contributed by atoms with Gasteiger partial charge in [0.15, 0.2) is 0 Å². The third-order valence-electron chi connectivity index (χ3n) is 2.37. The summed E-state index contributed by atoms with van der Waals surface area (Å²) in [6.07, 6.45) is 0.634. The topological polar surface area (TPSA) is 114 Å². The van der Waals surface area contributed by atoms with Gasteiger partial charge in [0.2, 0.25) is 0 Å². The van der Waals surface area contributed by atoms with Gasteiger partial charge < -0.3 is 19.8 Å². The molecule has 19 heavy (non-hydrogen) atoms. The molecule has 0 aliphatic rings. The van der Waals surface area contributed by atoms with Crippen molar-refractivity contribution in [1.82, 2.24) is 0 Å². The minimum absolute atomic E-state index is 0. The molecule has 0 aliphatic carbocycles. The van der Waals surface area contributed by atoms with Crippen molar-refractivity contribution < 1.29 is 29.4 Å². The van der Waals surface area contributed by atoms with E-state index in [1.54, 1.807) is 13.8 Å². The van der Waals surface area contributed by atoms with Crippen LogP contribution >= 0.6 is 0 Å². The molecule has 0 aliphatic heterocycles. The molecule has 0 N–H and O–H groups in total. The Kier molecular flexibility index (Phi) is 14.3. The van der Waals surface area contributed by atoms with E-state index in [0.29, 0.717) is 12.8 Å². The molecular formula is C12H18AlO6. The molecule has 2 atom stereocenters. The van der Waals surface area contributed by atoms with Crippen molar-refractivity contribution in [2.45, 2.75) is 40.5 Å². The Morgan fingerprint density at radius 1 is 0.789 bits per heavy atom. The van der Waals surface area contributed by atoms with Crippen LogP contribution in [0.25, 0.3) is 0 Å². The summed E-state index contributed by atoms with van der Waals surface area (Å²) in [5.41, 5.74) is 0. The van der Waals surface area contributed by atoms with E-state index >= 15 is 0 Å². The number of aliphatic carboxylic acids is 2. The van der Waals surface area contributed by atoms with Crippen LogP contribution in [0.1, 0.15) is 40.5 Å². The molecule has 0 aromatic carbocycles. The van der Waals surface area contributed by atoms with E-state index in [2.05, 4.69) is 0 Å². The van der Waals surface area contributed by atoms with Gasteiger partial charge in [-0.1, -0.05) is 13.8 Å². The molecule has 105 valence electrons. The number of Topliss-reactive ketones (excluding diaryl/α,β-unsaturated/α-hetero) is 2. The fourth-order valence-corrected chi connectivity index (χ4v) is 1.24. The maximum absolute atomic E-state index is 10.4. The van der Waals surface area contributed by atoms with Crippen molar-refractivity contribution >= 4 is 40.9 Å². The van der Waals surface area contributed by atoms with Crippen molar-refractivity contribution in [3.05, 3.63) is 0 Å². The third kappa shape index (κ3) is 10.4. The van der Waals surface area contributed by atoms with Crippen LogP contribution in [-0.2, 0) is 19.2 Å². The zero-order valence-electron chi connectivity index (χ0n) is 11.6. The molecule has 6 nitrogen and oxygen atoms in total. The smallest absolute Gasteiger partial charge is 0.549 e. The van der Waals surface area contributed by atoms with Crippen molar-refractivity contribution in [1.29, 1.82) is 0 Å². The number of carbonyl (C=O) groups is 4. The zero-order valence-corrected chi connectivity index (χ0v) is 12.8. The van der Waals surface area contributed by atoms with Gasteiger partial charge in [-0.2, -0.15) is 0 Å². The van der Waals surface area contributed by atoms with Crippen LogP contribution in [-0.4, -0.2) is 40.9 Å². The molecule has 0 rings (SSSR count). The third-order valence-corrected chi connectivity index (χ3v) is 2.37. The first kappa shape index (κ1) is 22.9. The number of hydrogen-bond donors (Lipinski definition) is 0. The molecule has 1 radical (unpaired) electrons. The Bertz CT molecular complexity index is 266. The normalized spacial score (nSPS) is 12.0. The number of carboxylic acid groups (broad SMARTS) is 2. The number of carboxylic acids is 2. The fraction of sp³-hybridized carbons (Fsp3) is 0.667. The van der Waals surface area contributed by atoms with E-state index in [-0.39, 0.29) is 28.9 Å². The van der Waals surface area contributed by atoms with Crippen LogP contribution in [0, 0.1) is 11.8 Å². The van der Waals surface area contributed by atoms with Gasteiger partial charge in [-0.05, 0) is 26.7 Å². The predicted octanol–water partition coefficient (Wildman–Crippen LogP) is -1.68. The molecule has 0 aromatic rings. The van der Waals surface area contributed by atoms with Crippen molar-refractivity contribution in [3.63, 3.8) is 0 Å². The first-order valence-corrected chi connectivity index (χ1v) is 5.61. The molecule has 0 bridgehead atoms. The Morgan fingerprint density at radius 2 is 1.00 bits per heavy atom. The summed E-state index contributed by atoms with van der Waals surface area (Å²) in [6.45, 7) is 5.79. The number of carbonyl (C=O) groups excluding carboxylic acids is 4. The van der Waals surface area contributed by atoms with Gasteiger partial charge in [-0.25, -0.2) is 0 Å². The number of ketones is 2. The first-order valence-electron chi connectivity index (χ1n) is 5.61. The Balaban J connectivity index is -0.000000256. The average molecular weight is 285 g/mol. The maximum Gasteiger partial charge on any atom is 2.00 e.